The molecular weight excluding hydrogens is 210 g/mol. The first-order chi connectivity index (χ1) is 7.13. The Bertz CT molecular complexity index is 327. The molecule has 0 saturated heterocycles. The highest BCUT2D eigenvalue weighted by Gasteiger charge is 2.12. The van der Waals surface area contributed by atoms with Gasteiger partial charge >= 0.3 is 5.97 Å². The Morgan fingerprint density at radius 1 is 1.67 bits per heavy atom. The van der Waals surface area contributed by atoms with Crippen LogP contribution in [0.3, 0.4) is 0 Å². The van der Waals surface area contributed by atoms with E-state index in [4.69, 9.17) is 0 Å². The number of aromatic amines is 1. The number of aromatic nitrogens is 2. The van der Waals surface area contributed by atoms with Gasteiger partial charge in [-0.1, -0.05) is 0 Å². The minimum absolute atomic E-state index is 0.0571. The Labute approximate surface area is 84.4 Å². The minimum Gasteiger partial charge on any atom is -0.471 e. The van der Waals surface area contributed by atoms with Crippen LogP contribution in [0.1, 0.15) is 17.4 Å². The van der Waals surface area contributed by atoms with E-state index in [1.807, 2.05) is 0 Å². The van der Waals surface area contributed by atoms with Gasteiger partial charge in [-0.15, -0.1) is 5.10 Å². The van der Waals surface area contributed by atoms with Crippen molar-refractivity contribution in [3.05, 3.63) is 11.8 Å². The van der Waals surface area contributed by atoms with E-state index < -0.39 is 19.0 Å². The third-order valence-corrected chi connectivity index (χ3v) is 1.41. The van der Waals surface area contributed by atoms with Crippen LogP contribution in [-0.4, -0.2) is 35.8 Å². The van der Waals surface area contributed by atoms with E-state index in [2.05, 4.69) is 19.7 Å². The van der Waals surface area contributed by atoms with Crippen LogP contribution in [0.2, 0.25) is 0 Å². The van der Waals surface area contributed by atoms with Crippen molar-refractivity contribution in [1.29, 1.82) is 0 Å². The van der Waals surface area contributed by atoms with E-state index in [-0.39, 0.29) is 18.2 Å². The lowest BCUT2D eigenvalue weighted by molar-refractivity contribution is 0.0519. The largest absolute Gasteiger partial charge is 0.471 e. The molecule has 1 N–H and O–H groups in total. The molecule has 1 rings (SSSR count). The fourth-order valence-corrected chi connectivity index (χ4v) is 0.839. The highest BCUT2D eigenvalue weighted by Crippen LogP contribution is 2.10. The van der Waals surface area contributed by atoms with Crippen LogP contribution in [0.5, 0.6) is 5.88 Å². The van der Waals surface area contributed by atoms with Crippen molar-refractivity contribution < 1.29 is 23.0 Å². The van der Waals surface area contributed by atoms with Crippen LogP contribution in [-0.2, 0) is 4.74 Å². The van der Waals surface area contributed by atoms with Gasteiger partial charge in [0.15, 0.2) is 6.61 Å². The van der Waals surface area contributed by atoms with Gasteiger partial charge in [-0.25, -0.2) is 13.6 Å². The number of nitrogens with one attached hydrogen (secondary N) is 1. The zero-order valence-electron chi connectivity index (χ0n) is 8.00. The summed E-state index contributed by atoms with van der Waals surface area (Å²) in [6.07, 6.45) is -2.58. The summed E-state index contributed by atoms with van der Waals surface area (Å²) in [5.74, 6) is -0.657. The van der Waals surface area contributed by atoms with Gasteiger partial charge in [0, 0.05) is 6.07 Å². The van der Waals surface area contributed by atoms with Crippen LogP contribution in [0.25, 0.3) is 0 Å². The van der Waals surface area contributed by atoms with Crippen LogP contribution in [0.15, 0.2) is 6.07 Å². The quantitative estimate of drug-likeness (QED) is 0.758. The van der Waals surface area contributed by atoms with E-state index in [1.165, 1.54) is 6.07 Å². The number of alkyl halides is 2. The smallest absolute Gasteiger partial charge is 0.356 e. The molecule has 15 heavy (non-hydrogen) atoms. The summed E-state index contributed by atoms with van der Waals surface area (Å²) in [7, 11) is 0. The standard InChI is InChI=1S/C8H10F2N2O3/c1-2-14-8(13)5-3-7(12-11-5)15-4-6(9)10/h3,6H,2,4H2,1H3,(H,11,12). The molecule has 1 aromatic heterocycles. The third kappa shape index (κ3) is 3.53. The van der Waals surface area contributed by atoms with Crippen molar-refractivity contribution in [2.75, 3.05) is 13.2 Å². The molecule has 0 unspecified atom stereocenters. The first kappa shape index (κ1) is 11.4. The Hall–Kier alpha value is -1.66. The highest BCUT2D eigenvalue weighted by atomic mass is 19.3. The Balaban J connectivity index is 2.52. The molecule has 0 fully saturated rings. The topological polar surface area (TPSA) is 64.2 Å². The van der Waals surface area contributed by atoms with Crippen molar-refractivity contribution in [2.45, 2.75) is 13.3 Å². The lowest BCUT2D eigenvalue weighted by atomic mass is 10.4. The molecule has 0 amide bonds. The molecule has 0 spiro atoms. The van der Waals surface area contributed by atoms with Crippen molar-refractivity contribution in [3.63, 3.8) is 0 Å². The predicted octanol–water partition coefficient (Wildman–Crippen LogP) is 1.23. The maximum atomic E-state index is 11.8. The number of ether oxygens (including phenoxy) is 2. The molecule has 1 aromatic rings. The second kappa shape index (κ2) is 5.28. The molecule has 1 heterocycles. The van der Waals surface area contributed by atoms with Gasteiger partial charge in [0.2, 0.25) is 5.88 Å². The fraction of sp³-hybridized carbons (Fsp3) is 0.500. The van der Waals surface area contributed by atoms with Crippen LogP contribution < -0.4 is 4.74 Å². The minimum atomic E-state index is -2.58. The second-order valence-corrected chi connectivity index (χ2v) is 2.54. The summed E-state index contributed by atoms with van der Waals surface area (Å²) in [5, 5.41) is 5.83. The molecule has 0 aliphatic rings. The fourth-order valence-electron chi connectivity index (χ4n) is 0.839. The lowest BCUT2D eigenvalue weighted by Crippen LogP contribution is -2.07. The van der Waals surface area contributed by atoms with Crippen molar-refractivity contribution in [3.8, 4) is 5.88 Å². The highest BCUT2D eigenvalue weighted by molar-refractivity contribution is 5.87. The molecule has 84 valence electrons. The number of hydrogen-bond acceptors (Lipinski definition) is 4. The summed E-state index contributed by atoms with van der Waals surface area (Å²) < 4.78 is 32.7. The average Bonchev–Trinajstić information content (AvgIpc) is 2.63. The lowest BCUT2D eigenvalue weighted by Gasteiger charge is -1.99. The SMILES string of the molecule is CCOC(=O)c1cc(OCC(F)F)n[nH]1. The van der Waals surface area contributed by atoms with Crippen LogP contribution in [0.4, 0.5) is 8.78 Å². The maximum Gasteiger partial charge on any atom is 0.356 e. The van der Waals surface area contributed by atoms with E-state index in [0.717, 1.165) is 0 Å². The Kier molecular flexibility index (Phi) is 4.02. The molecule has 5 nitrogen and oxygen atoms in total. The van der Waals surface area contributed by atoms with Gasteiger partial charge in [-0.2, -0.15) is 0 Å². The Morgan fingerprint density at radius 2 is 2.40 bits per heavy atom. The van der Waals surface area contributed by atoms with Gasteiger partial charge in [0.05, 0.1) is 6.61 Å². The number of carbonyl (C=O) groups is 1. The number of carbonyl (C=O) groups excluding carboxylic acids is 1. The molecule has 0 radical (unpaired) electrons. The monoisotopic (exact) mass is 220 g/mol. The summed E-state index contributed by atoms with van der Waals surface area (Å²) in [6.45, 7) is 1.13. The van der Waals surface area contributed by atoms with Gasteiger partial charge in [0.25, 0.3) is 6.43 Å². The molecule has 0 aliphatic carbocycles. The van der Waals surface area contributed by atoms with E-state index in [1.54, 1.807) is 6.92 Å². The van der Waals surface area contributed by atoms with Gasteiger partial charge < -0.3 is 9.47 Å². The zero-order chi connectivity index (χ0) is 11.3. The molecule has 7 heteroatoms. The predicted molar refractivity (Wildman–Crippen MR) is 46.0 cm³/mol. The summed E-state index contributed by atoms with van der Waals surface area (Å²) in [4.78, 5) is 11.1. The average molecular weight is 220 g/mol. The maximum absolute atomic E-state index is 11.8. The van der Waals surface area contributed by atoms with E-state index in [9.17, 15) is 13.6 Å². The summed E-state index contributed by atoms with van der Waals surface area (Å²) in [5.41, 5.74) is 0.0705. The molecule has 0 saturated carbocycles. The van der Waals surface area contributed by atoms with Gasteiger partial charge in [-0.3, -0.25) is 5.10 Å². The normalized spacial score (nSPS) is 10.4. The van der Waals surface area contributed by atoms with Crippen molar-refractivity contribution >= 4 is 5.97 Å². The third-order valence-electron chi connectivity index (χ3n) is 1.41. The Morgan fingerprint density at radius 3 is 3.00 bits per heavy atom. The zero-order valence-corrected chi connectivity index (χ0v) is 8.00. The van der Waals surface area contributed by atoms with Crippen LogP contribution >= 0.6 is 0 Å². The van der Waals surface area contributed by atoms with Gasteiger partial charge in [0.1, 0.15) is 5.69 Å². The van der Waals surface area contributed by atoms with Crippen molar-refractivity contribution in [2.24, 2.45) is 0 Å². The first-order valence-electron chi connectivity index (χ1n) is 4.27. The van der Waals surface area contributed by atoms with Crippen LogP contribution in [0, 0.1) is 0 Å². The van der Waals surface area contributed by atoms with E-state index in [0.29, 0.717) is 0 Å². The number of hydrogen-bond donors (Lipinski definition) is 1. The molecular formula is C8H10F2N2O3. The number of H-pyrrole nitrogens is 1. The van der Waals surface area contributed by atoms with E-state index >= 15 is 0 Å². The number of halogens is 2. The van der Waals surface area contributed by atoms with Gasteiger partial charge in [-0.05, 0) is 6.92 Å². The van der Waals surface area contributed by atoms with Crippen molar-refractivity contribution in [1.82, 2.24) is 10.2 Å². The summed E-state index contributed by atoms with van der Waals surface area (Å²) in [6, 6.07) is 1.21. The first-order valence-corrected chi connectivity index (χ1v) is 4.27. The molecule has 0 atom stereocenters. The molecule has 0 aromatic carbocycles. The molecule has 0 bridgehead atoms. The number of esters is 1. The molecule has 0 aliphatic heterocycles. The summed E-state index contributed by atoms with van der Waals surface area (Å²) >= 11 is 0. The second-order valence-electron chi connectivity index (χ2n) is 2.54. The number of rotatable bonds is 5. The number of nitrogens with zero attached hydrogens (tertiary/aromatic N) is 1.